The lowest BCUT2D eigenvalue weighted by Crippen LogP contribution is -2.12. The van der Waals surface area contributed by atoms with Crippen molar-refractivity contribution in [3.05, 3.63) is 243 Å². The summed E-state index contributed by atoms with van der Waals surface area (Å²) in [5.41, 5.74) is 13.9. The van der Waals surface area contributed by atoms with Gasteiger partial charge in [-0.3, -0.25) is 0 Å². The Balaban J connectivity index is 1.15. The molecular formula is C62H40N2S. The number of rotatable bonds is 7. The summed E-state index contributed by atoms with van der Waals surface area (Å²) in [6.45, 7) is 0. The number of thiophene rings is 1. The third-order valence-corrected chi connectivity index (χ3v) is 14.3. The molecule has 2 aromatic heterocycles. The molecule has 0 bridgehead atoms. The van der Waals surface area contributed by atoms with Gasteiger partial charge in [-0.15, -0.1) is 11.3 Å². The zero-order valence-corrected chi connectivity index (χ0v) is 36.2. The molecule has 0 aliphatic carbocycles. The van der Waals surface area contributed by atoms with Crippen molar-refractivity contribution in [3.8, 4) is 39.1 Å². The van der Waals surface area contributed by atoms with Crippen LogP contribution in [0.2, 0.25) is 0 Å². The Kier molecular flexibility index (Phi) is 8.75. The second kappa shape index (κ2) is 15.2. The van der Waals surface area contributed by atoms with E-state index in [0.29, 0.717) is 0 Å². The van der Waals surface area contributed by atoms with Crippen LogP contribution in [0.5, 0.6) is 0 Å². The van der Waals surface area contributed by atoms with Crippen molar-refractivity contribution in [1.82, 2.24) is 4.57 Å². The highest BCUT2D eigenvalue weighted by Crippen LogP contribution is 2.50. The van der Waals surface area contributed by atoms with Crippen LogP contribution in [0.1, 0.15) is 0 Å². The number of hydrogen-bond donors (Lipinski definition) is 0. The Labute approximate surface area is 381 Å². The predicted molar refractivity (Wildman–Crippen MR) is 280 cm³/mol. The van der Waals surface area contributed by atoms with E-state index in [1.807, 2.05) is 11.3 Å². The van der Waals surface area contributed by atoms with Crippen molar-refractivity contribution < 1.29 is 0 Å². The summed E-state index contributed by atoms with van der Waals surface area (Å²) in [6.07, 6.45) is 0. The number of nitrogens with zero attached hydrogens (tertiary/aromatic N) is 2. The fourth-order valence-corrected chi connectivity index (χ4v) is 11.4. The lowest BCUT2D eigenvalue weighted by molar-refractivity contribution is 1.18. The standard InChI is InChI=1S/C62H40N2S/c1-3-17-42(18-4-1)55-40-47(37-43-20-8-10-25-49(43)55)63(46-34-36-58-56(39-46)51-26-11-13-30-57(51)64(58)45-22-5-2-6-23-45)59-31-16-29-54(50-28-15-21-41-19-7-9-24-48(41)50)62(59)44-33-35-53-52-27-12-14-32-60(52)65-61(53)38-44/h1-40H. The van der Waals surface area contributed by atoms with Gasteiger partial charge in [-0.2, -0.15) is 0 Å². The summed E-state index contributed by atoms with van der Waals surface area (Å²) in [5.74, 6) is 0. The molecule has 304 valence electrons. The summed E-state index contributed by atoms with van der Waals surface area (Å²) in [7, 11) is 0. The average Bonchev–Trinajstić information content (AvgIpc) is 3.91. The van der Waals surface area contributed by atoms with Crippen molar-refractivity contribution >= 4 is 91.9 Å². The molecule has 0 atom stereocenters. The molecule has 65 heavy (non-hydrogen) atoms. The number of fused-ring (bicyclic) bond motifs is 8. The van der Waals surface area contributed by atoms with E-state index in [-0.39, 0.29) is 0 Å². The van der Waals surface area contributed by atoms with Crippen LogP contribution in [0.3, 0.4) is 0 Å². The van der Waals surface area contributed by atoms with Crippen LogP contribution in [-0.4, -0.2) is 4.57 Å². The normalized spacial score (nSPS) is 11.7. The molecule has 0 aliphatic heterocycles. The van der Waals surface area contributed by atoms with E-state index in [1.165, 1.54) is 96.9 Å². The molecule has 0 saturated carbocycles. The van der Waals surface area contributed by atoms with E-state index in [2.05, 4.69) is 252 Å². The van der Waals surface area contributed by atoms with E-state index >= 15 is 0 Å². The average molecular weight is 845 g/mol. The lowest BCUT2D eigenvalue weighted by atomic mass is 9.89. The summed E-state index contributed by atoms with van der Waals surface area (Å²) in [5, 5.41) is 9.88. The fraction of sp³-hybridized carbons (Fsp3) is 0. The van der Waals surface area contributed by atoms with Crippen LogP contribution in [0.15, 0.2) is 243 Å². The van der Waals surface area contributed by atoms with Gasteiger partial charge in [0.25, 0.3) is 0 Å². The molecule has 2 heterocycles. The first-order valence-corrected chi connectivity index (χ1v) is 23.1. The number of benzene rings is 11. The number of anilines is 3. The minimum Gasteiger partial charge on any atom is -0.310 e. The molecule has 2 nitrogen and oxygen atoms in total. The molecule has 0 spiro atoms. The molecule has 0 aliphatic rings. The van der Waals surface area contributed by atoms with Gasteiger partial charge in [0.1, 0.15) is 0 Å². The second-order valence-electron chi connectivity index (χ2n) is 16.8. The predicted octanol–water partition coefficient (Wildman–Crippen LogP) is 17.9. The Hall–Kier alpha value is -8.24. The largest absolute Gasteiger partial charge is 0.310 e. The summed E-state index contributed by atoms with van der Waals surface area (Å²) in [6, 6.07) is 89.3. The highest BCUT2D eigenvalue weighted by molar-refractivity contribution is 7.25. The maximum Gasteiger partial charge on any atom is 0.0546 e. The third kappa shape index (κ3) is 6.16. The maximum atomic E-state index is 2.52. The Bertz CT molecular complexity index is 3950. The van der Waals surface area contributed by atoms with Gasteiger partial charge in [-0.05, 0) is 116 Å². The molecule has 0 saturated heterocycles. The number of aromatic nitrogens is 1. The highest BCUT2D eigenvalue weighted by atomic mass is 32.1. The van der Waals surface area contributed by atoms with E-state index in [0.717, 1.165) is 22.7 Å². The Morgan fingerprint density at radius 3 is 1.80 bits per heavy atom. The first-order valence-electron chi connectivity index (χ1n) is 22.2. The number of para-hydroxylation sites is 2. The smallest absolute Gasteiger partial charge is 0.0546 e. The lowest BCUT2D eigenvalue weighted by Gasteiger charge is -2.30. The molecule has 11 aromatic carbocycles. The van der Waals surface area contributed by atoms with Crippen LogP contribution >= 0.6 is 11.3 Å². The van der Waals surface area contributed by atoms with Crippen molar-refractivity contribution in [1.29, 1.82) is 0 Å². The van der Waals surface area contributed by atoms with E-state index in [1.54, 1.807) is 0 Å². The SMILES string of the molecule is c1ccc(-c2cc(N(c3ccc4c(c3)c3ccccc3n4-c3ccccc3)c3cccc(-c4cccc5ccccc45)c3-c3ccc4c(c3)sc3ccccc34)cc3ccccc23)cc1. The molecule has 0 amide bonds. The molecule has 0 unspecified atom stereocenters. The first kappa shape index (κ1) is 37.3. The first-order chi connectivity index (χ1) is 32.2. The van der Waals surface area contributed by atoms with Crippen LogP contribution in [0.25, 0.3) is 103 Å². The van der Waals surface area contributed by atoms with E-state index in [4.69, 9.17) is 0 Å². The van der Waals surface area contributed by atoms with Gasteiger partial charge < -0.3 is 9.47 Å². The quantitative estimate of drug-likeness (QED) is 0.155. The summed E-state index contributed by atoms with van der Waals surface area (Å²) < 4.78 is 4.98. The molecule has 0 fully saturated rings. The second-order valence-corrected chi connectivity index (χ2v) is 17.9. The van der Waals surface area contributed by atoms with Gasteiger partial charge in [0.05, 0.1) is 16.7 Å². The van der Waals surface area contributed by atoms with Crippen molar-refractivity contribution in [3.63, 3.8) is 0 Å². The molecule has 0 N–H and O–H groups in total. The third-order valence-electron chi connectivity index (χ3n) is 13.1. The molecule has 3 heteroatoms. The van der Waals surface area contributed by atoms with Crippen LogP contribution < -0.4 is 4.90 Å². The van der Waals surface area contributed by atoms with Gasteiger partial charge in [0, 0.05) is 53.6 Å². The molecule has 13 aromatic rings. The van der Waals surface area contributed by atoms with Gasteiger partial charge in [-0.1, -0.05) is 176 Å². The van der Waals surface area contributed by atoms with Gasteiger partial charge in [0.2, 0.25) is 0 Å². The van der Waals surface area contributed by atoms with Crippen LogP contribution in [-0.2, 0) is 0 Å². The van der Waals surface area contributed by atoms with Crippen LogP contribution in [0, 0.1) is 0 Å². The minimum absolute atomic E-state index is 1.09. The van der Waals surface area contributed by atoms with Crippen molar-refractivity contribution in [2.45, 2.75) is 0 Å². The summed E-state index contributed by atoms with van der Waals surface area (Å²) >= 11 is 1.87. The molecular weight excluding hydrogens is 805 g/mol. The summed E-state index contributed by atoms with van der Waals surface area (Å²) in [4.78, 5) is 2.52. The minimum atomic E-state index is 1.09. The zero-order valence-electron chi connectivity index (χ0n) is 35.4. The number of hydrogen-bond acceptors (Lipinski definition) is 2. The topological polar surface area (TPSA) is 8.17 Å². The van der Waals surface area contributed by atoms with Gasteiger partial charge >= 0.3 is 0 Å². The zero-order chi connectivity index (χ0) is 42.8. The monoisotopic (exact) mass is 844 g/mol. The van der Waals surface area contributed by atoms with Gasteiger partial charge in [-0.25, -0.2) is 0 Å². The van der Waals surface area contributed by atoms with E-state index < -0.39 is 0 Å². The van der Waals surface area contributed by atoms with Gasteiger partial charge in [0.15, 0.2) is 0 Å². The van der Waals surface area contributed by atoms with Crippen molar-refractivity contribution in [2.24, 2.45) is 0 Å². The van der Waals surface area contributed by atoms with Crippen molar-refractivity contribution in [2.75, 3.05) is 4.90 Å². The Morgan fingerprint density at radius 1 is 0.323 bits per heavy atom. The molecule has 13 rings (SSSR count). The van der Waals surface area contributed by atoms with Crippen LogP contribution in [0.4, 0.5) is 17.1 Å². The Morgan fingerprint density at radius 2 is 0.954 bits per heavy atom. The molecule has 0 radical (unpaired) electrons. The fourth-order valence-electron chi connectivity index (χ4n) is 10.3. The van der Waals surface area contributed by atoms with E-state index in [9.17, 15) is 0 Å². The highest BCUT2D eigenvalue weighted by Gasteiger charge is 2.25. The maximum absolute atomic E-state index is 2.52.